The topological polar surface area (TPSA) is 73.4 Å². The fourth-order valence-electron chi connectivity index (χ4n) is 3.16. The smallest absolute Gasteiger partial charge is 0.308 e. The van der Waals surface area contributed by atoms with Crippen molar-refractivity contribution in [2.45, 2.75) is 25.8 Å². The molecule has 5 nitrogen and oxygen atoms in total. The van der Waals surface area contributed by atoms with Gasteiger partial charge in [-0.2, -0.15) is 0 Å². The van der Waals surface area contributed by atoms with Crippen LogP contribution in [-0.2, 0) is 4.79 Å². The van der Waals surface area contributed by atoms with E-state index in [1.165, 1.54) is 0 Å². The minimum absolute atomic E-state index is 0.151. The maximum atomic E-state index is 12.8. The number of para-hydroxylation sites is 1. The molecule has 2 aromatic rings. The minimum Gasteiger partial charge on any atom is -0.481 e. The van der Waals surface area contributed by atoms with Crippen molar-refractivity contribution in [3.63, 3.8) is 0 Å². The number of aromatic amines is 1. The van der Waals surface area contributed by atoms with Gasteiger partial charge in [0, 0.05) is 23.5 Å². The van der Waals surface area contributed by atoms with Gasteiger partial charge in [-0.3, -0.25) is 9.59 Å². The van der Waals surface area contributed by atoms with Crippen molar-refractivity contribution in [2.24, 2.45) is 5.92 Å². The van der Waals surface area contributed by atoms with E-state index in [1.54, 1.807) is 4.90 Å². The molecule has 1 aliphatic heterocycles. The molecular weight excluding hydrogens is 348 g/mol. The number of amides is 1. The van der Waals surface area contributed by atoms with Crippen molar-refractivity contribution in [1.82, 2.24) is 9.88 Å². The molecule has 1 amide bonds. The summed E-state index contributed by atoms with van der Waals surface area (Å²) in [5, 5.41) is 10.2. The SMILES string of the molecule is C[C@@H]1[C@H](C(=O)O)CCCN1C(=O)c1[nH]c2ccccc2c1Br. The molecule has 0 bridgehead atoms. The highest BCUT2D eigenvalue weighted by atomic mass is 79.9. The Bertz CT molecular complexity index is 740. The summed E-state index contributed by atoms with van der Waals surface area (Å²) in [6.07, 6.45) is 1.33. The van der Waals surface area contributed by atoms with Crippen LogP contribution in [0.25, 0.3) is 10.9 Å². The van der Waals surface area contributed by atoms with Gasteiger partial charge in [-0.1, -0.05) is 18.2 Å². The molecule has 0 unspecified atom stereocenters. The van der Waals surface area contributed by atoms with Crippen LogP contribution in [0.4, 0.5) is 0 Å². The lowest BCUT2D eigenvalue weighted by atomic mass is 9.90. The molecule has 116 valence electrons. The van der Waals surface area contributed by atoms with Gasteiger partial charge in [0.1, 0.15) is 5.69 Å². The molecule has 1 aliphatic rings. The molecule has 1 saturated heterocycles. The molecular formula is C16H17BrN2O3. The highest BCUT2D eigenvalue weighted by Crippen LogP contribution is 2.31. The van der Waals surface area contributed by atoms with Crippen molar-refractivity contribution in [3.05, 3.63) is 34.4 Å². The standard InChI is InChI=1S/C16H17BrN2O3/c1-9-10(16(21)22)6-4-8-19(9)15(20)14-13(17)11-5-2-3-7-12(11)18-14/h2-3,5,7,9-10,18H,4,6,8H2,1H3,(H,21,22)/t9-,10-/m1/s1. The number of piperidine rings is 1. The normalized spacial score (nSPS) is 22.0. The van der Waals surface area contributed by atoms with Gasteiger partial charge in [0.2, 0.25) is 0 Å². The number of carbonyl (C=O) groups is 2. The van der Waals surface area contributed by atoms with Gasteiger partial charge in [0.15, 0.2) is 0 Å². The molecule has 0 aliphatic carbocycles. The highest BCUT2D eigenvalue weighted by Gasteiger charge is 2.36. The fraction of sp³-hybridized carbons (Fsp3) is 0.375. The summed E-state index contributed by atoms with van der Waals surface area (Å²) in [6.45, 7) is 2.40. The first-order valence-electron chi connectivity index (χ1n) is 7.30. The number of fused-ring (bicyclic) bond motifs is 1. The van der Waals surface area contributed by atoms with Crippen molar-refractivity contribution in [3.8, 4) is 0 Å². The summed E-state index contributed by atoms with van der Waals surface area (Å²) in [5.74, 6) is -1.48. The van der Waals surface area contributed by atoms with Crippen LogP contribution in [0.5, 0.6) is 0 Å². The Labute approximate surface area is 136 Å². The first kappa shape index (κ1) is 15.1. The summed E-state index contributed by atoms with van der Waals surface area (Å²) >= 11 is 3.49. The van der Waals surface area contributed by atoms with E-state index < -0.39 is 11.9 Å². The summed E-state index contributed by atoms with van der Waals surface area (Å²) in [5.41, 5.74) is 1.37. The largest absolute Gasteiger partial charge is 0.481 e. The third kappa shape index (κ3) is 2.41. The number of likely N-dealkylation sites (tertiary alicyclic amines) is 1. The molecule has 1 aromatic heterocycles. The summed E-state index contributed by atoms with van der Waals surface area (Å²) in [7, 11) is 0. The second-order valence-electron chi connectivity index (χ2n) is 5.69. The van der Waals surface area contributed by atoms with E-state index in [2.05, 4.69) is 20.9 Å². The van der Waals surface area contributed by atoms with E-state index in [9.17, 15) is 14.7 Å². The summed E-state index contributed by atoms with van der Waals surface area (Å²) in [6, 6.07) is 7.36. The zero-order chi connectivity index (χ0) is 15.9. The van der Waals surface area contributed by atoms with E-state index in [0.717, 1.165) is 15.4 Å². The molecule has 2 heterocycles. The second kappa shape index (κ2) is 5.76. The van der Waals surface area contributed by atoms with Crippen LogP contribution in [0, 0.1) is 5.92 Å². The van der Waals surface area contributed by atoms with Crippen LogP contribution in [0.15, 0.2) is 28.7 Å². The summed E-state index contributed by atoms with van der Waals surface area (Å²) < 4.78 is 0.734. The van der Waals surface area contributed by atoms with Crippen LogP contribution in [0.3, 0.4) is 0 Å². The van der Waals surface area contributed by atoms with Crippen molar-refractivity contribution >= 4 is 38.7 Å². The number of aromatic nitrogens is 1. The molecule has 2 N–H and O–H groups in total. The number of nitrogens with zero attached hydrogens (tertiary/aromatic N) is 1. The Hall–Kier alpha value is -1.82. The highest BCUT2D eigenvalue weighted by molar-refractivity contribution is 9.10. The molecule has 6 heteroatoms. The van der Waals surface area contributed by atoms with Gasteiger partial charge in [0.25, 0.3) is 5.91 Å². The number of hydrogen-bond donors (Lipinski definition) is 2. The first-order chi connectivity index (χ1) is 10.5. The van der Waals surface area contributed by atoms with Crippen LogP contribution < -0.4 is 0 Å². The number of rotatable bonds is 2. The maximum absolute atomic E-state index is 12.8. The summed E-state index contributed by atoms with van der Waals surface area (Å²) in [4.78, 5) is 29.0. The lowest BCUT2D eigenvalue weighted by molar-refractivity contribution is -0.144. The van der Waals surface area contributed by atoms with E-state index in [0.29, 0.717) is 25.1 Å². The Morgan fingerprint density at radius 3 is 2.77 bits per heavy atom. The van der Waals surface area contributed by atoms with Crippen molar-refractivity contribution < 1.29 is 14.7 Å². The molecule has 22 heavy (non-hydrogen) atoms. The van der Waals surface area contributed by atoms with Crippen molar-refractivity contribution in [2.75, 3.05) is 6.54 Å². The lowest BCUT2D eigenvalue weighted by Gasteiger charge is -2.37. The van der Waals surface area contributed by atoms with Crippen molar-refractivity contribution in [1.29, 1.82) is 0 Å². The molecule has 3 rings (SSSR count). The Balaban J connectivity index is 1.95. The van der Waals surface area contributed by atoms with Gasteiger partial charge in [-0.25, -0.2) is 0 Å². The van der Waals surface area contributed by atoms with Crippen LogP contribution in [0.2, 0.25) is 0 Å². The van der Waals surface area contributed by atoms with Gasteiger partial charge in [-0.15, -0.1) is 0 Å². The molecule has 1 aromatic carbocycles. The zero-order valence-corrected chi connectivity index (χ0v) is 13.8. The molecule has 1 fully saturated rings. The molecule has 0 saturated carbocycles. The fourth-order valence-corrected chi connectivity index (χ4v) is 3.77. The van der Waals surface area contributed by atoms with E-state index in [-0.39, 0.29) is 11.9 Å². The minimum atomic E-state index is -0.833. The first-order valence-corrected chi connectivity index (χ1v) is 8.10. The van der Waals surface area contributed by atoms with Crippen LogP contribution in [0.1, 0.15) is 30.3 Å². The lowest BCUT2D eigenvalue weighted by Crippen LogP contribution is -2.49. The average Bonchev–Trinajstić information content (AvgIpc) is 2.84. The van der Waals surface area contributed by atoms with E-state index in [1.807, 2.05) is 31.2 Å². The number of benzene rings is 1. The number of nitrogens with one attached hydrogen (secondary N) is 1. The Kier molecular flexibility index (Phi) is 3.95. The number of carboxylic acid groups (broad SMARTS) is 1. The monoisotopic (exact) mass is 364 g/mol. The zero-order valence-electron chi connectivity index (χ0n) is 12.2. The Morgan fingerprint density at radius 2 is 2.09 bits per heavy atom. The van der Waals surface area contributed by atoms with Crippen LogP contribution in [-0.4, -0.2) is 39.5 Å². The van der Waals surface area contributed by atoms with Gasteiger partial charge < -0.3 is 15.0 Å². The average molecular weight is 365 g/mol. The van der Waals surface area contributed by atoms with Gasteiger partial charge in [0.05, 0.1) is 10.4 Å². The third-order valence-electron chi connectivity index (χ3n) is 4.42. The number of H-pyrrole nitrogens is 1. The number of carboxylic acids is 1. The predicted molar refractivity (Wildman–Crippen MR) is 86.9 cm³/mol. The second-order valence-corrected chi connectivity index (χ2v) is 6.48. The maximum Gasteiger partial charge on any atom is 0.308 e. The number of halogens is 1. The number of aliphatic carboxylic acids is 1. The number of carbonyl (C=O) groups excluding carboxylic acids is 1. The van der Waals surface area contributed by atoms with Gasteiger partial charge in [-0.05, 0) is 41.8 Å². The van der Waals surface area contributed by atoms with Gasteiger partial charge >= 0.3 is 5.97 Å². The quantitative estimate of drug-likeness (QED) is 0.858. The van der Waals surface area contributed by atoms with Crippen LogP contribution >= 0.6 is 15.9 Å². The Morgan fingerprint density at radius 1 is 1.36 bits per heavy atom. The van der Waals surface area contributed by atoms with E-state index in [4.69, 9.17) is 0 Å². The number of hydrogen-bond acceptors (Lipinski definition) is 2. The molecule has 0 radical (unpaired) electrons. The van der Waals surface area contributed by atoms with E-state index >= 15 is 0 Å². The molecule has 2 atom stereocenters. The third-order valence-corrected chi connectivity index (χ3v) is 5.25. The predicted octanol–water partition coefficient (Wildman–Crippen LogP) is 3.26. The molecule has 0 spiro atoms.